The van der Waals surface area contributed by atoms with E-state index < -0.39 is 0 Å². The molecule has 1 aromatic rings. The highest BCUT2D eigenvalue weighted by molar-refractivity contribution is 5.26. The molecule has 1 aromatic carbocycles. The fourth-order valence-corrected chi connectivity index (χ4v) is 3.69. The van der Waals surface area contributed by atoms with Crippen molar-refractivity contribution in [2.75, 3.05) is 6.54 Å². The van der Waals surface area contributed by atoms with Crippen molar-refractivity contribution in [1.82, 2.24) is 5.32 Å². The molecule has 0 heterocycles. The van der Waals surface area contributed by atoms with Crippen LogP contribution in [0.2, 0.25) is 0 Å². The van der Waals surface area contributed by atoms with Gasteiger partial charge in [-0.15, -0.1) is 0 Å². The fourth-order valence-electron chi connectivity index (χ4n) is 3.69. The van der Waals surface area contributed by atoms with Gasteiger partial charge in [-0.2, -0.15) is 0 Å². The van der Waals surface area contributed by atoms with Gasteiger partial charge in [-0.1, -0.05) is 19.9 Å². The van der Waals surface area contributed by atoms with E-state index in [-0.39, 0.29) is 23.0 Å². The van der Waals surface area contributed by atoms with Gasteiger partial charge in [0.2, 0.25) is 0 Å². The quantitative estimate of drug-likeness (QED) is 0.853. The zero-order valence-corrected chi connectivity index (χ0v) is 13.0. The average Bonchev–Trinajstić information content (AvgIpc) is 3.21. The maximum absolute atomic E-state index is 14.2. The van der Waals surface area contributed by atoms with Crippen LogP contribution < -0.4 is 5.32 Å². The molecule has 2 aliphatic carbocycles. The number of rotatable bonds is 4. The summed E-state index contributed by atoms with van der Waals surface area (Å²) >= 11 is 0. The fraction of sp³-hybridized carbons (Fsp3) is 0.667. The molecule has 1 N–H and O–H groups in total. The predicted octanol–water partition coefficient (Wildman–Crippen LogP) is 4.63. The average molecular weight is 293 g/mol. The molecular formula is C18H25F2N. The molecule has 3 rings (SSSR count). The number of hydrogen-bond acceptors (Lipinski definition) is 1. The van der Waals surface area contributed by atoms with Crippen LogP contribution in [-0.4, -0.2) is 12.6 Å². The van der Waals surface area contributed by atoms with Gasteiger partial charge in [0.25, 0.3) is 0 Å². The Hall–Kier alpha value is -0.960. The first-order valence-electron chi connectivity index (χ1n) is 8.13. The second kappa shape index (κ2) is 5.68. The van der Waals surface area contributed by atoms with Gasteiger partial charge in [0.1, 0.15) is 11.6 Å². The second-order valence-electron chi connectivity index (χ2n) is 7.59. The molecule has 2 saturated carbocycles. The van der Waals surface area contributed by atoms with Gasteiger partial charge in [0, 0.05) is 11.6 Å². The number of nitrogens with one attached hydrogen (secondary N) is 1. The summed E-state index contributed by atoms with van der Waals surface area (Å²) in [6, 6.07) is 4.89. The largest absolute Gasteiger partial charge is 0.314 e. The molecule has 3 heteroatoms. The third-order valence-corrected chi connectivity index (χ3v) is 5.15. The van der Waals surface area contributed by atoms with Crippen LogP contribution in [0.1, 0.15) is 57.4 Å². The van der Waals surface area contributed by atoms with Crippen molar-refractivity contribution in [2.45, 2.75) is 57.9 Å². The number of hydrogen-bond donors (Lipinski definition) is 1. The van der Waals surface area contributed by atoms with Crippen LogP contribution in [0.4, 0.5) is 8.78 Å². The lowest BCUT2D eigenvalue weighted by Gasteiger charge is -2.41. The third-order valence-electron chi connectivity index (χ3n) is 5.15. The molecule has 0 spiro atoms. The molecule has 0 bridgehead atoms. The van der Waals surface area contributed by atoms with Gasteiger partial charge in [0.15, 0.2) is 0 Å². The van der Waals surface area contributed by atoms with Crippen molar-refractivity contribution < 1.29 is 8.78 Å². The molecule has 2 atom stereocenters. The van der Waals surface area contributed by atoms with Crippen LogP contribution in [0.15, 0.2) is 18.2 Å². The molecule has 1 nitrogen and oxygen atoms in total. The Kier molecular flexibility index (Phi) is 4.04. The maximum atomic E-state index is 14.2. The second-order valence-corrected chi connectivity index (χ2v) is 7.59. The van der Waals surface area contributed by atoms with Crippen LogP contribution >= 0.6 is 0 Å². The lowest BCUT2D eigenvalue weighted by Crippen LogP contribution is -2.36. The van der Waals surface area contributed by atoms with Crippen molar-refractivity contribution in [3.63, 3.8) is 0 Å². The van der Waals surface area contributed by atoms with Crippen molar-refractivity contribution in [3.8, 4) is 0 Å². The van der Waals surface area contributed by atoms with E-state index >= 15 is 0 Å². The van der Waals surface area contributed by atoms with Gasteiger partial charge >= 0.3 is 0 Å². The van der Waals surface area contributed by atoms with E-state index in [4.69, 9.17) is 0 Å². The van der Waals surface area contributed by atoms with E-state index in [2.05, 4.69) is 19.2 Å². The molecular weight excluding hydrogens is 268 g/mol. The van der Waals surface area contributed by atoms with E-state index in [9.17, 15) is 8.78 Å². The van der Waals surface area contributed by atoms with Gasteiger partial charge in [-0.3, -0.25) is 0 Å². The molecule has 2 aliphatic rings. The summed E-state index contributed by atoms with van der Waals surface area (Å²) in [7, 11) is 0. The Morgan fingerprint density at radius 3 is 2.43 bits per heavy atom. The molecule has 2 unspecified atom stereocenters. The smallest absolute Gasteiger partial charge is 0.129 e. The minimum absolute atomic E-state index is 0.0128. The van der Waals surface area contributed by atoms with E-state index in [1.54, 1.807) is 0 Å². The monoisotopic (exact) mass is 293 g/mol. The predicted molar refractivity (Wildman–Crippen MR) is 81.2 cm³/mol. The molecule has 0 aliphatic heterocycles. The Balaban J connectivity index is 1.84. The first-order valence-corrected chi connectivity index (χ1v) is 8.13. The highest BCUT2D eigenvalue weighted by Gasteiger charge is 2.38. The molecule has 116 valence electrons. The Morgan fingerprint density at radius 1 is 1.14 bits per heavy atom. The molecule has 2 fully saturated rings. The van der Waals surface area contributed by atoms with Crippen LogP contribution in [0.25, 0.3) is 0 Å². The summed E-state index contributed by atoms with van der Waals surface area (Å²) in [5.41, 5.74) is 0.475. The molecule has 0 amide bonds. The summed E-state index contributed by atoms with van der Waals surface area (Å²) in [6.07, 6.45) is 5.54. The molecule has 21 heavy (non-hydrogen) atoms. The number of halogens is 2. The van der Waals surface area contributed by atoms with E-state index in [0.29, 0.717) is 17.5 Å². The Bertz CT molecular complexity index is 486. The van der Waals surface area contributed by atoms with Crippen molar-refractivity contribution in [1.29, 1.82) is 0 Å². The topological polar surface area (TPSA) is 12.0 Å². The molecule has 0 radical (unpaired) electrons. The van der Waals surface area contributed by atoms with Crippen molar-refractivity contribution in [3.05, 3.63) is 35.4 Å². The van der Waals surface area contributed by atoms with E-state index in [1.807, 2.05) is 0 Å². The van der Waals surface area contributed by atoms with Crippen LogP contribution in [0, 0.1) is 23.0 Å². The molecule has 0 saturated heterocycles. The van der Waals surface area contributed by atoms with Gasteiger partial charge in [0.05, 0.1) is 0 Å². The minimum Gasteiger partial charge on any atom is -0.314 e. The van der Waals surface area contributed by atoms with E-state index in [1.165, 1.54) is 31.0 Å². The summed E-state index contributed by atoms with van der Waals surface area (Å²) in [6.45, 7) is 5.31. The van der Waals surface area contributed by atoms with Crippen molar-refractivity contribution >= 4 is 0 Å². The van der Waals surface area contributed by atoms with Gasteiger partial charge < -0.3 is 5.32 Å². The first-order chi connectivity index (χ1) is 9.96. The summed E-state index contributed by atoms with van der Waals surface area (Å²) in [4.78, 5) is 0. The SMILES string of the molecule is CC1(C)CCC(CNC2CC2)C(c2c(F)cccc2F)C1. The lowest BCUT2D eigenvalue weighted by molar-refractivity contribution is 0.155. The third kappa shape index (κ3) is 3.45. The normalized spacial score (nSPS) is 28.6. The first kappa shape index (κ1) is 15.0. The zero-order chi connectivity index (χ0) is 15.0. The minimum atomic E-state index is -0.380. The number of benzene rings is 1. The van der Waals surface area contributed by atoms with E-state index in [0.717, 1.165) is 25.8 Å². The Morgan fingerprint density at radius 2 is 1.81 bits per heavy atom. The maximum Gasteiger partial charge on any atom is 0.129 e. The Labute approximate surface area is 126 Å². The van der Waals surface area contributed by atoms with Crippen LogP contribution in [0.3, 0.4) is 0 Å². The summed E-state index contributed by atoms with van der Waals surface area (Å²) in [5, 5.41) is 3.55. The standard InChI is InChI=1S/C18H25F2N/c1-18(2)9-8-12(11-21-13-6-7-13)14(10-18)17-15(19)4-3-5-16(17)20/h3-5,12-14,21H,6-11H2,1-2H3. The summed E-state index contributed by atoms with van der Waals surface area (Å²) in [5.74, 6) is -0.436. The van der Waals surface area contributed by atoms with Gasteiger partial charge in [-0.05, 0) is 68.0 Å². The van der Waals surface area contributed by atoms with Gasteiger partial charge in [-0.25, -0.2) is 8.78 Å². The summed E-state index contributed by atoms with van der Waals surface area (Å²) < 4.78 is 28.4. The lowest BCUT2D eigenvalue weighted by atomic mass is 9.65. The van der Waals surface area contributed by atoms with Crippen LogP contribution in [-0.2, 0) is 0 Å². The molecule has 0 aromatic heterocycles. The highest BCUT2D eigenvalue weighted by Crippen LogP contribution is 2.47. The van der Waals surface area contributed by atoms with Crippen molar-refractivity contribution in [2.24, 2.45) is 11.3 Å². The zero-order valence-electron chi connectivity index (χ0n) is 13.0. The highest BCUT2D eigenvalue weighted by atomic mass is 19.1. The van der Waals surface area contributed by atoms with Crippen LogP contribution in [0.5, 0.6) is 0 Å².